The Kier molecular flexibility index (Phi) is 4.61. The van der Waals surface area contributed by atoms with Gasteiger partial charge < -0.3 is 10.5 Å². The van der Waals surface area contributed by atoms with E-state index in [-0.39, 0.29) is 0 Å². The van der Waals surface area contributed by atoms with Gasteiger partial charge in [-0.15, -0.1) is 0 Å². The molecule has 3 nitrogen and oxygen atoms in total. The Labute approximate surface area is 110 Å². The molecule has 2 N–H and O–H groups in total. The van der Waals surface area contributed by atoms with Gasteiger partial charge in [0.1, 0.15) is 0 Å². The summed E-state index contributed by atoms with van der Waals surface area (Å²) in [7, 11) is 0. The first kappa shape index (κ1) is 13.4. The van der Waals surface area contributed by atoms with Crippen molar-refractivity contribution < 1.29 is 4.74 Å². The Morgan fingerprint density at radius 3 is 3.00 bits per heavy atom. The van der Waals surface area contributed by atoms with Gasteiger partial charge in [0.2, 0.25) is 0 Å². The minimum Gasteiger partial charge on any atom is -0.398 e. The lowest BCUT2D eigenvalue weighted by Crippen LogP contribution is -2.33. The van der Waals surface area contributed by atoms with Crippen LogP contribution < -0.4 is 5.73 Å². The van der Waals surface area contributed by atoms with Crippen molar-refractivity contribution >= 4 is 5.69 Å². The monoisotopic (exact) mass is 248 g/mol. The highest BCUT2D eigenvalue weighted by Gasteiger charge is 2.17. The summed E-state index contributed by atoms with van der Waals surface area (Å²) in [5.74, 6) is 0.614. The van der Waals surface area contributed by atoms with E-state index in [1.807, 2.05) is 6.07 Å². The van der Waals surface area contributed by atoms with Crippen LogP contribution >= 0.6 is 0 Å². The van der Waals surface area contributed by atoms with Gasteiger partial charge >= 0.3 is 0 Å². The van der Waals surface area contributed by atoms with E-state index in [0.717, 1.165) is 45.0 Å². The van der Waals surface area contributed by atoms with Crippen LogP contribution in [0.2, 0.25) is 0 Å². The Morgan fingerprint density at radius 1 is 1.39 bits per heavy atom. The van der Waals surface area contributed by atoms with Crippen molar-refractivity contribution in [2.75, 3.05) is 32.0 Å². The Bertz CT molecular complexity index is 390. The number of hydrogen-bond acceptors (Lipinski definition) is 3. The van der Waals surface area contributed by atoms with Gasteiger partial charge in [-0.2, -0.15) is 0 Å². The molecular formula is C15H24N2O. The van der Waals surface area contributed by atoms with E-state index in [1.54, 1.807) is 0 Å². The number of nitrogens with zero attached hydrogens (tertiary/aromatic N) is 1. The number of hydrogen-bond donors (Lipinski definition) is 1. The maximum atomic E-state index is 6.04. The van der Waals surface area contributed by atoms with Crippen LogP contribution in [-0.2, 0) is 17.7 Å². The van der Waals surface area contributed by atoms with Gasteiger partial charge in [0.15, 0.2) is 0 Å². The van der Waals surface area contributed by atoms with E-state index in [9.17, 15) is 0 Å². The molecule has 0 unspecified atom stereocenters. The fraction of sp³-hybridized carbons (Fsp3) is 0.600. The van der Waals surface area contributed by atoms with E-state index in [4.69, 9.17) is 10.5 Å². The fourth-order valence-electron chi connectivity index (χ4n) is 2.37. The number of fused-ring (bicyclic) bond motifs is 1. The van der Waals surface area contributed by atoms with Crippen molar-refractivity contribution in [1.82, 2.24) is 4.90 Å². The molecule has 3 heteroatoms. The van der Waals surface area contributed by atoms with Crippen molar-refractivity contribution in [1.29, 1.82) is 0 Å². The maximum Gasteiger partial charge on any atom is 0.0593 e. The number of nitrogens with two attached hydrogens (primary N) is 1. The summed E-state index contributed by atoms with van der Waals surface area (Å²) >= 11 is 0. The average molecular weight is 248 g/mol. The third-order valence-corrected chi connectivity index (χ3v) is 3.39. The van der Waals surface area contributed by atoms with Crippen LogP contribution in [0.3, 0.4) is 0 Å². The largest absolute Gasteiger partial charge is 0.398 e. The topological polar surface area (TPSA) is 38.5 Å². The molecule has 1 aromatic carbocycles. The molecule has 0 amide bonds. The van der Waals surface area contributed by atoms with Gasteiger partial charge in [-0.1, -0.05) is 26.0 Å². The lowest BCUT2D eigenvalue weighted by atomic mass is 9.98. The normalized spacial score (nSPS) is 15.9. The van der Waals surface area contributed by atoms with Gasteiger partial charge in [0, 0.05) is 31.9 Å². The first-order valence-corrected chi connectivity index (χ1v) is 6.83. The summed E-state index contributed by atoms with van der Waals surface area (Å²) in [5, 5.41) is 0. The van der Waals surface area contributed by atoms with Crippen molar-refractivity contribution in [3.8, 4) is 0 Å². The van der Waals surface area contributed by atoms with Crippen molar-refractivity contribution in [3.05, 3.63) is 29.3 Å². The molecule has 0 aromatic heterocycles. The predicted molar refractivity (Wildman–Crippen MR) is 75.5 cm³/mol. The van der Waals surface area contributed by atoms with Crippen molar-refractivity contribution in [2.45, 2.75) is 26.8 Å². The highest BCUT2D eigenvalue weighted by Crippen LogP contribution is 2.23. The first-order chi connectivity index (χ1) is 8.66. The van der Waals surface area contributed by atoms with E-state index in [2.05, 4.69) is 30.9 Å². The van der Waals surface area contributed by atoms with Crippen LogP contribution in [0.15, 0.2) is 18.2 Å². The fourth-order valence-corrected chi connectivity index (χ4v) is 2.37. The van der Waals surface area contributed by atoms with Crippen molar-refractivity contribution in [3.63, 3.8) is 0 Å². The van der Waals surface area contributed by atoms with Crippen molar-refractivity contribution in [2.24, 2.45) is 5.92 Å². The second-order valence-corrected chi connectivity index (χ2v) is 5.48. The molecule has 0 fully saturated rings. The van der Waals surface area contributed by atoms with E-state index in [1.165, 1.54) is 11.1 Å². The summed E-state index contributed by atoms with van der Waals surface area (Å²) in [5.41, 5.74) is 9.70. The SMILES string of the molecule is CC(C)COCCN1CCc2cccc(N)c2C1. The van der Waals surface area contributed by atoms with E-state index < -0.39 is 0 Å². The third kappa shape index (κ3) is 3.47. The van der Waals surface area contributed by atoms with E-state index in [0.29, 0.717) is 5.92 Å². The van der Waals surface area contributed by atoms with Crippen LogP contribution in [0.1, 0.15) is 25.0 Å². The zero-order valence-electron chi connectivity index (χ0n) is 11.5. The Balaban J connectivity index is 1.82. The molecule has 0 saturated carbocycles. The summed E-state index contributed by atoms with van der Waals surface area (Å²) in [6.45, 7) is 9.11. The summed E-state index contributed by atoms with van der Waals surface area (Å²) in [4.78, 5) is 2.43. The molecule has 0 bridgehead atoms. The molecule has 100 valence electrons. The van der Waals surface area contributed by atoms with Crippen LogP contribution in [-0.4, -0.2) is 31.2 Å². The van der Waals surface area contributed by atoms with Gasteiger partial charge in [0.25, 0.3) is 0 Å². The lowest BCUT2D eigenvalue weighted by molar-refractivity contribution is 0.0820. The van der Waals surface area contributed by atoms with Crippen LogP contribution in [0, 0.1) is 5.92 Å². The quantitative estimate of drug-likeness (QED) is 0.642. The zero-order valence-corrected chi connectivity index (χ0v) is 11.5. The molecule has 0 aliphatic carbocycles. The second kappa shape index (κ2) is 6.21. The third-order valence-electron chi connectivity index (χ3n) is 3.39. The number of benzene rings is 1. The smallest absolute Gasteiger partial charge is 0.0593 e. The summed E-state index contributed by atoms with van der Waals surface area (Å²) in [6, 6.07) is 6.24. The summed E-state index contributed by atoms with van der Waals surface area (Å²) in [6.07, 6.45) is 1.10. The van der Waals surface area contributed by atoms with Gasteiger partial charge in [-0.3, -0.25) is 4.90 Å². The molecule has 0 atom stereocenters. The number of rotatable bonds is 5. The highest BCUT2D eigenvalue weighted by atomic mass is 16.5. The molecular weight excluding hydrogens is 224 g/mol. The minimum absolute atomic E-state index is 0.614. The number of anilines is 1. The van der Waals surface area contributed by atoms with Gasteiger partial charge in [-0.05, 0) is 29.5 Å². The molecule has 1 aliphatic rings. The van der Waals surface area contributed by atoms with Gasteiger partial charge in [0.05, 0.1) is 6.61 Å². The van der Waals surface area contributed by atoms with E-state index >= 15 is 0 Å². The Hall–Kier alpha value is -1.06. The molecule has 18 heavy (non-hydrogen) atoms. The molecule has 0 radical (unpaired) electrons. The predicted octanol–water partition coefficient (Wildman–Crippen LogP) is 2.30. The number of ether oxygens (including phenoxy) is 1. The Morgan fingerprint density at radius 2 is 2.22 bits per heavy atom. The standard InChI is InChI=1S/C15H24N2O/c1-12(2)11-18-9-8-17-7-6-13-4-3-5-15(16)14(13)10-17/h3-5,12H,6-11,16H2,1-2H3. The molecule has 1 aromatic rings. The molecule has 1 aliphatic heterocycles. The lowest BCUT2D eigenvalue weighted by Gasteiger charge is -2.29. The van der Waals surface area contributed by atoms with Crippen LogP contribution in [0.25, 0.3) is 0 Å². The molecule has 0 spiro atoms. The number of nitrogen functional groups attached to an aromatic ring is 1. The minimum atomic E-state index is 0.614. The molecule has 0 saturated heterocycles. The first-order valence-electron chi connectivity index (χ1n) is 6.83. The maximum absolute atomic E-state index is 6.04. The highest BCUT2D eigenvalue weighted by molar-refractivity contribution is 5.51. The molecule has 1 heterocycles. The zero-order chi connectivity index (χ0) is 13.0. The molecule has 2 rings (SSSR count). The van der Waals surface area contributed by atoms with Crippen LogP contribution in [0.5, 0.6) is 0 Å². The van der Waals surface area contributed by atoms with Crippen LogP contribution in [0.4, 0.5) is 5.69 Å². The average Bonchev–Trinajstić information content (AvgIpc) is 2.35. The van der Waals surface area contributed by atoms with Gasteiger partial charge in [-0.25, -0.2) is 0 Å². The summed E-state index contributed by atoms with van der Waals surface area (Å²) < 4.78 is 5.64. The second-order valence-electron chi connectivity index (χ2n) is 5.48.